The van der Waals surface area contributed by atoms with E-state index >= 15 is 0 Å². The number of ether oxygens (including phenoxy) is 1. The number of carbonyl (C=O) groups is 1. The summed E-state index contributed by atoms with van der Waals surface area (Å²) >= 11 is 0. The number of carbonyl (C=O) groups excluding carboxylic acids is 1. The molecule has 0 saturated heterocycles. The Kier molecular flexibility index (Phi) is 23.3. The lowest BCUT2D eigenvalue weighted by molar-refractivity contribution is -0.149. The van der Waals surface area contributed by atoms with E-state index in [1.54, 1.807) is 0 Å². The lowest BCUT2D eigenvalue weighted by atomic mass is 9.94. The molecule has 0 amide bonds. The Balaban J connectivity index is 3.98. The predicted molar refractivity (Wildman–Crippen MR) is 128 cm³/mol. The number of esters is 1. The third kappa shape index (κ3) is 20.5. The van der Waals surface area contributed by atoms with Crippen molar-refractivity contribution in [1.82, 2.24) is 0 Å². The number of hydrogen-bond acceptors (Lipinski definition) is 2. The van der Waals surface area contributed by atoms with Gasteiger partial charge in [-0.2, -0.15) is 0 Å². The maximum Gasteiger partial charge on any atom is 0.308 e. The van der Waals surface area contributed by atoms with Crippen LogP contribution in [0, 0.1) is 5.92 Å². The molecule has 2 heteroatoms. The largest absolute Gasteiger partial charge is 0.465 e. The highest BCUT2D eigenvalue weighted by Crippen LogP contribution is 2.21. The van der Waals surface area contributed by atoms with Crippen molar-refractivity contribution >= 4 is 5.97 Å². The van der Waals surface area contributed by atoms with Gasteiger partial charge in [0.15, 0.2) is 0 Å². The van der Waals surface area contributed by atoms with E-state index in [0.29, 0.717) is 6.61 Å². The molecule has 1 atom stereocenters. The molecule has 0 aromatic rings. The van der Waals surface area contributed by atoms with Crippen molar-refractivity contribution in [3.8, 4) is 0 Å². The summed E-state index contributed by atoms with van der Waals surface area (Å²) in [5.41, 5.74) is 0. The molecule has 0 spiro atoms. The standard InChI is InChI=1S/C27H54O2/c1-4-7-10-13-15-18-21-24-26(23-20-17-12-9-6-3)27(28)29-25-22-19-16-14-11-8-5-2/h26H,4-25H2,1-3H3. The lowest BCUT2D eigenvalue weighted by Gasteiger charge is -2.16. The van der Waals surface area contributed by atoms with Crippen molar-refractivity contribution < 1.29 is 9.53 Å². The van der Waals surface area contributed by atoms with Gasteiger partial charge < -0.3 is 4.74 Å². The van der Waals surface area contributed by atoms with Crippen LogP contribution in [0.1, 0.15) is 156 Å². The summed E-state index contributed by atoms with van der Waals surface area (Å²) in [7, 11) is 0. The average molecular weight is 411 g/mol. The quantitative estimate of drug-likeness (QED) is 0.124. The van der Waals surface area contributed by atoms with E-state index in [4.69, 9.17) is 4.74 Å². The molecule has 0 N–H and O–H groups in total. The molecule has 0 aromatic carbocycles. The zero-order chi connectivity index (χ0) is 21.4. The highest BCUT2D eigenvalue weighted by molar-refractivity contribution is 5.72. The maximum absolute atomic E-state index is 12.6. The highest BCUT2D eigenvalue weighted by Gasteiger charge is 2.19. The highest BCUT2D eigenvalue weighted by atomic mass is 16.5. The Morgan fingerprint density at radius 3 is 1.28 bits per heavy atom. The fourth-order valence-corrected chi connectivity index (χ4v) is 4.07. The van der Waals surface area contributed by atoms with Gasteiger partial charge in [-0.05, 0) is 19.3 Å². The smallest absolute Gasteiger partial charge is 0.308 e. The van der Waals surface area contributed by atoms with Gasteiger partial charge in [-0.25, -0.2) is 0 Å². The van der Waals surface area contributed by atoms with Gasteiger partial charge in [0.25, 0.3) is 0 Å². The maximum atomic E-state index is 12.6. The second-order valence-electron chi connectivity index (χ2n) is 9.10. The molecule has 0 bridgehead atoms. The molecule has 1 unspecified atom stereocenters. The van der Waals surface area contributed by atoms with Gasteiger partial charge >= 0.3 is 5.97 Å². The minimum atomic E-state index is 0.0949. The van der Waals surface area contributed by atoms with Crippen LogP contribution in [-0.2, 0) is 9.53 Å². The van der Waals surface area contributed by atoms with Gasteiger partial charge in [-0.3, -0.25) is 4.79 Å². The van der Waals surface area contributed by atoms with Crippen LogP contribution < -0.4 is 0 Å². The molecule has 0 aromatic heterocycles. The predicted octanol–water partition coefficient (Wildman–Crippen LogP) is 9.40. The summed E-state index contributed by atoms with van der Waals surface area (Å²) in [5.74, 6) is 0.245. The molecule has 0 aliphatic carbocycles. The Morgan fingerprint density at radius 2 is 0.862 bits per heavy atom. The van der Waals surface area contributed by atoms with E-state index in [1.807, 2.05) is 0 Å². The van der Waals surface area contributed by atoms with Crippen molar-refractivity contribution in [3.63, 3.8) is 0 Å². The van der Waals surface area contributed by atoms with E-state index in [2.05, 4.69) is 20.8 Å². The van der Waals surface area contributed by atoms with E-state index in [9.17, 15) is 4.79 Å². The monoisotopic (exact) mass is 410 g/mol. The summed E-state index contributed by atoms with van der Waals surface area (Å²) in [6.07, 6.45) is 26.5. The van der Waals surface area contributed by atoms with Crippen molar-refractivity contribution in [2.45, 2.75) is 156 Å². The molecule has 174 valence electrons. The fraction of sp³-hybridized carbons (Fsp3) is 0.963. The Hall–Kier alpha value is -0.530. The molecule has 0 saturated carbocycles. The topological polar surface area (TPSA) is 26.3 Å². The molecule has 0 fully saturated rings. The van der Waals surface area contributed by atoms with Crippen LogP contribution in [0.5, 0.6) is 0 Å². The molecule has 0 rings (SSSR count). The molecule has 2 nitrogen and oxygen atoms in total. The van der Waals surface area contributed by atoms with E-state index < -0.39 is 0 Å². The zero-order valence-corrected chi connectivity index (χ0v) is 20.5. The summed E-state index contributed by atoms with van der Waals surface area (Å²) in [5, 5.41) is 0. The van der Waals surface area contributed by atoms with Crippen LogP contribution in [0.3, 0.4) is 0 Å². The third-order valence-electron chi connectivity index (χ3n) is 6.14. The SMILES string of the molecule is CCCCCCCCCOC(=O)C(CCCCCCC)CCCCCCCCC. The van der Waals surface area contributed by atoms with Crippen LogP contribution >= 0.6 is 0 Å². The Labute approximate surface area is 184 Å². The summed E-state index contributed by atoms with van der Waals surface area (Å²) in [6, 6.07) is 0. The van der Waals surface area contributed by atoms with Crippen molar-refractivity contribution in [1.29, 1.82) is 0 Å². The second-order valence-corrected chi connectivity index (χ2v) is 9.10. The molecule has 0 radical (unpaired) electrons. The summed E-state index contributed by atoms with van der Waals surface area (Å²) in [4.78, 5) is 12.6. The first-order valence-electron chi connectivity index (χ1n) is 13.4. The Morgan fingerprint density at radius 1 is 0.517 bits per heavy atom. The van der Waals surface area contributed by atoms with Crippen molar-refractivity contribution in [3.05, 3.63) is 0 Å². The molecular formula is C27H54O2. The van der Waals surface area contributed by atoms with E-state index in [-0.39, 0.29) is 11.9 Å². The minimum Gasteiger partial charge on any atom is -0.465 e. The molecule has 0 heterocycles. The van der Waals surface area contributed by atoms with Crippen LogP contribution in [0.25, 0.3) is 0 Å². The van der Waals surface area contributed by atoms with E-state index in [0.717, 1.165) is 19.3 Å². The second kappa shape index (κ2) is 23.7. The first-order chi connectivity index (χ1) is 14.3. The van der Waals surface area contributed by atoms with Crippen LogP contribution in [-0.4, -0.2) is 12.6 Å². The van der Waals surface area contributed by atoms with Gasteiger partial charge in [0.1, 0.15) is 0 Å². The van der Waals surface area contributed by atoms with Gasteiger partial charge in [0, 0.05) is 0 Å². The van der Waals surface area contributed by atoms with Crippen LogP contribution in [0.2, 0.25) is 0 Å². The van der Waals surface area contributed by atoms with E-state index in [1.165, 1.54) is 116 Å². The van der Waals surface area contributed by atoms with Gasteiger partial charge in [-0.15, -0.1) is 0 Å². The number of rotatable bonds is 23. The zero-order valence-electron chi connectivity index (χ0n) is 20.5. The molecule has 0 aliphatic rings. The lowest BCUT2D eigenvalue weighted by Crippen LogP contribution is -2.18. The first kappa shape index (κ1) is 28.5. The van der Waals surface area contributed by atoms with Crippen LogP contribution in [0.4, 0.5) is 0 Å². The minimum absolute atomic E-state index is 0.0949. The first-order valence-corrected chi connectivity index (χ1v) is 13.4. The normalized spacial score (nSPS) is 12.2. The number of unbranched alkanes of at least 4 members (excludes halogenated alkanes) is 16. The summed E-state index contributed by atoms with van der Waals surface area (Å²) < 4.78 is 5.68. The van der Waals surface area contributed by atoms with Gasteiger partial charge in [-0.1, -0.05) is 136 Å². The average Bonchev–Trinajstić information content (AvgIpc) is 2.73. The van der Waals surface area contributed by atoms with Gasteiger partial charge in [0.2, 0.25) is 0 Å². The van der Waals surface area contributed by atoms with Crippen LogP contribution in [0.15, 0.2) is 0 Å². The summed E-state index contributed by atoms with van der Waals surface area (Å²) in [6.45, 7) is 7.41. The van der Waals surface area contributed by atoms with Crippen molar-refractivity contribution in [2.75, 3.05) is 6.61 Å². The molecule has 29 heavy (non-hydrogen) atoms. The Bertz CT molecular complexity index is 326. The molecule has 0 aliphatic heterocycles. The molecular weight excluding hydrogens is 356 g/mol. The fourth-order valence-electron chi connectivity index (χ4n) is 4.07. The number of hydrogen-bond donors (Lipinski definition) is 0. The van der Waals surface area contributed by atoms with Gasteiger partial charge in [0.05, 0.1) is 12.5 Å². The van der Waals surface area contributed by atoms with Crippen molar-refractivity contribution in [2.24, 2.45) is 5.92 Å². The third-order valence-corrected chi connectivity index (χ3v) is 6.14.